The molecule has 0 fully saturated rings. The Kier molecular flexibility index (Phi) is 7.26. The molecule has 2 aromatic heterocycles. The van der Waals surface area contributed by atoms with Gasteiger partial charge in [0.05, 0.1) is 35.0 Å². The number of carbonyl (C=O) groups is 1. The maximum atomic E-state index is 13.4. The normalized spacial score (nSPS) is 12.1. The SMILES string of the molecule is Cc1cc([C@@H](C)Nc2ccc(Cl)nc2C(=O)NS(C)(=O)=O)c2oc(-c3cccc(C#N)c3)c(C)c(=O)c2c1. The lowest BCUT2D eigenvalue weighted by Gasteiger charge is -2.20. The number of nitrogens with one attached hydrogen (secondary N) is 2. The maximum absolute atomic E-state index is 13.4. The Balaban J connectivity index is 1.85. The smallest absolute Gasteiger partial charge is 0.285 e. The van der Waals surface area contributed by atoms with Crippen molar-refractivity contribution in [2.24, 2.45) is 0 Å². The molecule has 0 saturated heterocycles. The van der Waals surface area contributed by atoms with Gasteiger partial charge in [-0.15, -0.1) is 0 Å². The average molecular weight is 551 g/mol. The molecule has 0 spiro atoms. The van der Waals surface area contributed by atoms with Gasteiger partial charge in [0.2, 0.25) is 10.0 Å². The molecule has 1 atom stereocenters. The van der Waals surface area contributed by atoms with Gasteiger partial charge in [-0.3, -0.25) is 9.59 Å². The third-order valence-electron chi connectivity index (χ3n) is 5.84. The highest BCUT2D eigenvalue weighted by atomic mass is 35.5. The number of carbonyl (C=O) groups excluding carboxylic acids is 1. The summed E-state index contributed by atoms with van der Waals surface area (Å²) in [5.74, 6) is -0.598. The summed E-state index contributed by atoms with van der Waals surface area (Å²) in [6.07, 6.45) is 0.859. The second kappa shape index (κ2) is 10.3. The third kappa shape index (κ3) is 5.54. The van der Waals surface area contributed by atoms with Crippen LogP contribution in [0.25, 0.3) is 22.3 Å². The van der Waals surface area contributed by atoms with E-state index in [1.165, 1.54) is 12.1 Å². The molecule has 38 heavy (non-hydrogen) atoms. The van der Waals surface area contributed by atoms with E-state index in [1.54, 1.807) is 44.2 Å². The zero-order valence-electron chi connectivity index (χ0n) is 20.9. The van der Waals surface area contributed by atoms with E-state index < -0.39 is 22.0 Å². The quantitative estimate of drug-likeness (QED) is 0.324. The molecule has 0 unspecified atom stereocenters. The van der Waals surface area contributed by atoms with E-state index in [0.29, 0.717) is 39.0 Å². The number of rotatable bonds is 6. The monoisotopic (exact) mass is 550 g/mol. The van der Waals surface area contributed by atoms with Crippen molar-refractivity contribution in [3.8, 4) is 17.4 Å². The highest BCUT2D eigenvalue weighted by molar-refractivity contribution is 7.89. The zero-order valence-corrected chi connectivity index (χ0v) is 22.5. The van der Waals surface area contributed by atoms with Crippen molar-refractivity contribution >= 4 is 44.2 Å². The molecule has 0 saturated carbocycles. The molecule has 0 aliphatic carbocycles. The van der Waals surface area contributed by atoms with Gasteiger partial charge >= 0.3 is 0 Å². The molecule has 1 amide bonds. The number of nitriles is 1. The molecule has 0 radical (unpaired) electrons. The lowest BCUT2D eigenvalue weighted by atomic mass is 9.98. The minimum Gasteiger partial charge on any atom is -0.455 e. The minimum atomic E-state index is -3.84. The Hall–Kier alpha value is -4.20. The Bertz CT molecular complexity index is 1810. The summed E-state index contributed by atoms with van der Waals surface area (Å²) >= 11 is 5.98. The van der Waals surface area contributed by atoms with Crippen molar-refractivity contribution in [3.63, 3.8) is 0 Å². The first-order chi connectivity index (χ1) is 17.9. The Labute approximate surface area is 224 Å². The van der Waals surface area contributed by atoms with Gasteiger partial charge in [0, 0.05) is 16.7 Å². The fourth-order valence-electron chi connectivity index (χ4n) is 4.15. The van der Waals surface area contributed by atoms with E-state index in [-0.39, 0.29) is 22.0 Å². The first-order valence-electron chi connectivity index (χ1n) is 11.4. The van der Waals surface area contributed by atoms with Crippen LogP contribution < -0.4 is 15.5 Å². The molecule has 9 nitrogen and oxygen atoms in total. The molecule has 4 rings (SSSR count). The van der Waals surface area contributed by atoms with E-state index in [4.69, 9.17) is 16.0 Å². The van der Waals surface area contributed by atoms with Crippen molar-refractivity contribution < 1.29 is 17.6 Å². The fraction of sp³-hybridized carbons (Fsp3) is 0.185. The second-order valence-electron chi connectivity index (χ2n) is 8.91. The number of aromatic nitrogens is 1. The highest BCUT2D eigenvalue weighted by Gasteiger charge is 2.22. The molecule has 194 valence electrons. The summed E-state index contributed by atoms with van der Waals surface area (Å²) in [6.45, 7) is 5.33. The van der Waals surface area contributed by atoms with Gasteiger partial charge in [-0.25, -0.2) is 18.1 Å². The predicted molar refractivity (Wildman–Crippen MR) is 146 cm³/mol. The molecule has 0 aliphatic rings. The molecule has 2 aromatic carbocycles. The largest absolute Gasteiger partial charge is 0.455 e. The second-order valence-corrected chi connectivity index (χ2v) is 11.0. The standard InChI is InChI=1S/C27H23ClN4O5S/c1-14-10-19(16(3)30-21-8-9-22(28)31-23(21)27(34)32-38(4,35)36)26-20(11-14)24(33)15(2)25(37-26)18-7-5-6-17(12-18)13-29/h5-12,16,30H,1-4H3,(H,32,34)/t16-/m1/s1. The van der Waals surface area contributed by atoms with Gasteiger partial charge in [-0.1, -0.05) is 29.8 Å². The molecule has 11 heteroatoms. The van der Waals surface area contributed by atoms with Crippen LogP contribution in [0.5, 0.6) is 0 Å². The zero-order chi connectivity index (χ0) is 27.8. The highest BCUT2D eigenvalue weighted by Crippen LogP contribution is 2.33. The minimum absolute atomic E-state index is 0.00794. The van der Waals surface area contributed by atoms with E-state index in [2.05, 4.69) is 16.4 Å². The van der Waals surface area contributed by atoms with Crippen molar-refractivity contribution in [3.05, 3.63) is 91.9 Å². The Morgan fingerprint density at radius 3 is 2.58 bits per heavy atom. The van der Waals surface area contributed by atoms with Crippen LogP contribution in [0.15, 0.2) is 57.7 Å². The number of hydrogen-bond donors (Lipinski definition) is 2. The Morgan fingerprint density at radius 2 is 1.89 bits per heavy atom. The number of amides is 1. The lowest BCUT2D eigenvalue weighted by Crippen LogP contribution is -2.31. The third-order valence-corrected chi connectivity index (χ3v) is 6.61. The number of hydrogen-bond acceptors (Lipinski definition) is 8. The molecule has 4 aromatic rings. The average Bonchev–Trinajstić information content (AvgIpc) is 2.86. The molecular formula is C27H23ClN4O5S. The number of pyridine rings is 1. The van der Waals surface area contributed by atoms with Crippen LogP contribution in [0.1, 0.15) is 45.7 Å². The van der Waals surface area contributed by atoms with Crippen LogP contribution in [0.4, 0.5) is 5.69 Å². The van der Waals surface area contributed by atoms with Gasteiger partial charge in [-0.2, -0.15) is 5.26 Å². The summed E-state index contributed by atoms with van der Waals surface area (Å²) in [4.78, 5) is 30.0. The van der Waals surface area contributed by atoms with Crippen LogP contribution in [0.3, 0.4) is 0 Å². The molecular weight excluding hydrogens is 528 g/mol. The summed E-state index contributed by atoms with van der Waals surface area (Å²) in [5, 5.41) is 12.9. The Morgan fingerprint density at radius 1 is 1.16 bits per heavy atom. The number of halogens is 1. The molecule has 2 heterocycles. The van der Waals surface area contributed by atoms with Gasteiger partial charge in [-0.05, 0) is 56.7 Å². The molecule has 0 bridgehead atoms. The van der Waals surface area contributed by atoms with E-state index in [0.717, 1.165) is 11.8 Å². The lowest BCUT2D eigenvalue weighted by molar-refractivity contribution is 0.0977. The van der Waals surface area contributed by atoms with Crippen LogP contribution in [0, 0.1) is 25.2 Å². The summed E-state index contributed by atoms with van der Waals surface area (Å²) in [7, 11) is -3.84. The van der Waals surface area contributed by atoms with Gasteiger partial charge in [0.25, 0.3) is 5.91 Å². The number of nitrogens with zero attached hydrogens (tertiary/aromatic N) is 2. The number of benzene rings is 2. The van der Waals surface area contributed by atoms with E-state index in [9.17, 15) is 23.3 Å². The fourth-order valence-corrected chi connectivity index (χ4v) is 4.73. The predicted octanol–water partition coefficient (Wildman–Crippen LogP) is 4.86. The van der Waals surface area contributed by atoms with Gasteiger partial charge in [0.1, 0.15) is 16.5 Å². The van der Waals surface area contributed by atoms with Crippen LogP contribution >= 0.6 is 11.6 Å². The first-order valence-corrected chi connectivity index (χ1v) is 13.7. The van der Waals surface area contributed by atoms with E-state index >= 15 is 0 Å². The summed E-state index contributed by atoms with van der Waals surface area (Å²) < 4.78 is 31.4. The van der Waals surface area contributed by atoms with Gasteiger partial charge in [0.15, 0.2) is 11.1 Å². The maximum Gasteiger partial charge on any atom is 0.285 e. The van der Waals surface area contributed by atoms with Crippen LogP contribution in [-0.2, 0) is 10.0 Å². The molecule has 0 aliphatic heterocycles. The number of anilines is 1. The summed E-state index contributed by atoms with van der Waals surface area (Å²) in [5.41, 5.74) is 3.03. The number of fused-ring (bicyclic) bond motifs is 1. The van der Waals surface area contributed by atoms with Crippen LogP contribution in [-0.4, -0.2) is 25.6 Å². The van der Waals surface area contributed by atoms with Crippen molar-refractivity contribution in [2.75, 3.05) is 11.6 Å². The van der Waals surface area contributed by atoms with Crippen molar-refractivity contribution in [1.82, 2.24) is 9.71 Å². The van der Waals surface area contributed by atoms with E-state index in [1.807, 2.05) is 17.7 Å². The topological polar surface area (TPSA) is 142 Å². The van der Waals surface area contributed by atoms with Crippen LogP contribution in [0.2, 0.25) is 5.15 Å². The number of aryl methyl sites for hydroxylation is 1. The van der Waals surface area contributed by atoms with Crippen molar-refractivity contribution in [1.29, 1.82) is 5.26 Å². The first kappa shape index (κ1) is 26.9. The summed E-state index contributed by atoms with van der Waals surface area (Å²) in [6, 6.07) is 14.9. The van der Waals surface area contributed by atoms with Gasteiger partial charge < -0.3 is 9.73 Å². The van der Waals surface area contributed by atoms with Crippen molar-refractivity contribution in [2.45, 2.75) is 26.8 Å². The number of sulfonamides is 1. The molecule has 2 N–H and O–H groups in total.